The van der Waals surface area contributed by atoms with Crippen LogP contribution in [0.3, 0.4) is 0 Å². The van der Waals surface area contributed by atoms with Crippen molar-refractivity contribution in [1.82, 2.24) is 9.80 Å². The first-order valence-corrected chi connectivity index (χ1v) is 9.60. The lowest BCUT2D eigenvalue weighted by atomic mass is 9.95. The second kappa shape index (κ2) is 8.53. The van der Waals surface area contributed by atoms with E-state index >= 15 is 0 Å². The van der Waals surface area contributed by atoms with Crippen LogP contribution in [0.1, 0.15) is 17.2 Å². The summed E-state index contributed by atoms with van der Waals surface area (Å²) in [5.41, 5.74) is 0.710. The molecule has 1 unspecified atom stereocenters. The van der Waals surface area contributed by atoms with E-state index in [1.165, 1.54) is 29.2 Å². The number of benzene rings is 2. The molecule has 2 aromatic carbocycles. The van der Waals surface area contributed by atoms with Crippen LogP contribution in [0.15, 0.2) is 48.0 Å². The van der Waals surface area contributed by atoms with Crippen molar-refractivity contribution in [3.05, 3.63) is 75.0 Å². The zero-order chi connectivity index (χ0) is 21.3. The van der Waals surface area contributed by atoms with Crippen LogP contribution >= 0.6 is 23.2 Å². The number of likely N-dealkylation sites (tertiary alicyclic amines) is 1. The summed E-state index contributed by atoms with van der Waals surface area (Å²) in [6.07, 6.45) is 0. The molecule has 152 valence electrons. The molecule has 1 fully saturated rings. The number of nitrogens with zero attached hydrogens (tertiary/aromatic N) is 2. The van der Waals surface area contributed by atoms with Gasteiger partial charge in [0, 0.05) is 18.7 Å². The lowest BCUT2D eigenvalue weighted by Gasteiger charge is -2.26. The molecule has 1 saturated heterocycles. The second-order valence-corrected chi connectivity index (χ2v) is 7.79. The predicted octanol–water partition coefficient (Wildman–Crippen LogP) is 4.12. The molecule has 0 spiro atoms. The van der Waals surface area contributed by atoms with Crippen molar-refractivity contribution in [2.75, 3.05) is 27.2 Å². The summed E-state index contributed by atoms with van der Waals surface area (Å²) >= 11 is 12.2. The van der Waals surface area contributed by atoms with Crippen molar-refractivity contribution >= 4 is 40.7 Å². The number of amides is 1. The smallest absolute Gasteiger partial charge is 0.295 e. The molecule has 0 bridgehead atoms. The van der Waals surface area contributed by atoms with Gasteiger partial charge in [0.2, 0.25) is 0 Å². The molecule has 0 aromatic heterocycles. The highest BCUT2D eigenvalue weighted by molar-refractivity contribution is 6.46. The summed E-state index contributed by atoms with van der Waals surface area (Å²) in [6, 6.07) is 9.01. The molecule has 0 aliphatic carbocycles. The van der Waals surface area contributed by atoms with E-state index in [1.54, 1.807) is 18.2 Å². The van der Waals surface area contributed by atoms with E-state index in [1.807, 2.05) is 19.0 Å². The molecule has 5 nitrogen and oxygen atoms in total. The molecule has 0 saturated carbocycles. The fraction of sp³-hybridized carbons (Fsp3) is 0.238. The molecule has 2 aromatic rings. The van der Waals surface area contributed by atoms with Crippen LogP contribution in [0.2, 0.25) is 10.0 Å². The van der Waals surface area contributed by atoms with Crippen molar-refractivity contribution in [3.63, 3.8) is 0 Å². The van der Waals surface area contributed by atoms with E-state index in [0.717, 1.165) is 0 Å². The number of carbonyl (C=O) groups excluding carboxylic acids is 2. The number of rotatable bonds is 5. The highest BCUT2D eigenvalue weighted by Crippen LogP contribution is 2.40. The van der Waals surface area contributed by atoms with Crippen LogP contribution in [0.4, 0.5) is 4.39 Å². The predicted molar refractivity (Wildman–Crippen MR) is 110 cm³/mol. The Morgan fingerprint density at radius 1 is 1.10 bits per heavy atom. The number of aliphatic hydroxyl groups is 1. The Bertz CT molecular complexity index is 990. The molecule has 1 aliphatic heterocycles. The maximum absolute atomic E-state index is 13.3. The number of hydrogen-bond donors (Lipinski definition) is 1. The Morgan fingerprint density at radius 3 is 2.34 bits per heavy atom. The Balaban J connectivity index is 2.16. The van der Waals surface area contributed by atoms with Gasteiger partial charge in [-0.2, -0.15) is 0 Å². The van der Waals surface area contributed by atoms with E-state index in [4.69, 9.17) is 23.2 Å². The second-order valence-electron chi connectivity index (χ2n) is 6.98. The largest absolute Gasteiger partial charge is 0.507 e. The van der Waals surface area contributed by atoms with E-state index in [0.29, 0.717) is 17.1 Å². The number of Topliss-reactive ketones (excluding diaryl/α,β-unsaturated/α-hetero) is 1. The minimum Gasteiger partial charge on any atom is -0.507 e. The highest BCUT2D eigenvalue weighted by Gasteiger charge is 2.46. The average molecular weight is 437 g/mol. The summed E-state index contributed by atoms with van der Waals surface area (Å²) < 4.78 is 13.3. The van der Waals surface area contributed by atoms with Gasteiger partial charge in [0.15, 0.2) is 0 Å². The molecule has 1 atom stereocenters. The lowest BCUT2D eigenvalue weighted by Crippen LogP contribution is -2.35. The zero-order valence-corrected chi connectivity index (χ0v) is 17.3. The molecule has 1 heterocycles. The maximum Gasteiger partial charge on any atom is 0.295 e. The van der Waals surface area contributed by atoms with Gasteiger partial charge >= 0.3 is 0 Å². The number of hydrogen-bond acceptors (Lipinski definition) is 4. The van der Waals surface area contributed by atoms with E-state index in [9.17, 15) is 19.1 Å². The van der Waals surface area contributed by atoms with Gasteiger partial charge in [0.25, 0.3) is 11.7 Å². The van der Waals surface area contributed by atoms with Crippen molar-refractivity contribution in [1.29, 1.82) is 0 Å². The number of carbonyl (C=O) groups is 2. The number of aliphatic hydroxyl groups excluding tert-OH is 1. The van der Waals surface area contributed by atoms with Gasteiger partial charge < -0.3 is 14.9 Å². The summed E-state index contributed by atoms with van der Waals surface area (Å²) in [7, 11) is 3.70. The standard InChI is InChI=1S/C21H19Cl2FN2O3/c1-25(2)9-10-26-18(13-5-8-15(22)16(23)11-13)17(20(28)21(26)29)19(27)12-3-6-14(24)7-4-12/h3-8,11,18,27H,9-10H2,1-2H3. The van der Waals surface area contributed by atoms with Gasteiger partial charge in [-0.1, -0.05) is 29.3 Å². The van der Waals surface area contributed by atoms with Crippen LogP contribution in [-0.2, 0) is 9.59 Å². The minimum absolute atomic E-state index is 0.0706. The van der Waals surface area contributed by atoms with Crippen molar-refractivity contribution in [3.8, 4) is 0 Å². The number of ketones is 1. The first kappa shape index (κ1) is 21.3. The highest BCUT2D eigenvalue weighted by atomic mass is 35.5. The van der Waals surface area contributed by atoms with Crippen LogP contribution in [-0.4, -0.2) is 53.8 Å². The normalized spacial score (nSPS) is 18.7. The molecule has 1 aliphatic rings. The third kappa shape index (κ3) is 4.29. The Hall–Kier alpha value is -2.41. The zero-order valence-electron chi connectivity index (χ0n) is 15.8. The molecule has 8 heteroatoms. The van der Waals surface area contributed by atoms with E-state index < -0.39 is 23.5 Å². The molecule has 29 heavy (non-hydrogen) atoms. The van der Waals surface area contributed by atoms with Crippen LogP contribution in [0.25, 0.3) is 5.76 Å². The van der Waals surface area contributed by atoms with Gasteiger partial charge in [0.1, 0.15) is 11.6 Å². The maximum atomic E-state index is 13.3. The van der Waals surface area contributed by atoms with Gasteiger partial charge in [-0.05, 0) is 56.1 Å². The first-order chi connectivity index (χ1) is 13.7. The van der Waals surface area contributed by atoms with Crippen molar-refractivity contribution < 1.29 is 19.1 Å². The Labute approximate surface area is 177 Å². The fourth-order valence-corrected chi connectivity index (χ4v) is 3.52. The van der Waals surface area contributed by atoms with Crippen molar-refractivity contribution in [2.45, 2.75) is 6.04 Å². The summed E-state index contributed by atoms with van der Waals surface area (Å²) in [4.78, 5) is 28.8. The van der Waals surface area contributed by atoms with Crippen LogP contribution in [0, 0.1) is 5.82 Å². The van der Waals surface area contributed by atoms with Crippen molar-refractivity contribution in [2.24, 2.45) is 0 Å². The molecule has 0 radical (unpaired) electrons. The molecule has 1 N–H and O–H groups in total. The van der Waals surface area contributed by atoms with E-state index in [2.05, 4.69) is 0 Å². The summed E-state index contributed by atoms with van der Waals surface area (Å²) in [6.45, 7) is 0.782. The van der Waals surface area contributed by atoms with E-state index in [-0.39, 0.29) is 28.5 Å². The Kier molecular flexibility index (Phi) is 6.27. The average Bonchev–Trinajstić information content (AvgIpc) is 2.93. The van der Waals surface area contributed by atoms with Gasteiger partial charge in [-0.3, -0.25) is 9.59 Å². The van der Waals surface area contributed by atoms with Gasteiger partial charge in [-0.25, -0.2) is 4.39 Å². The lowest BCUT2D eigenvalue weighted by molar-refractivity contribution is -0.140. The SMILES string of the molecule is CN(C)CCN1C(=O)C(=O)C(=C(O)c2ccc(F)cc2)C1c1ccc(Cl)c(Cl)c1. The third-order valence-corrected chi connectivity index (χ3v) is 5.44. The minimum atomic E-state index is -0.838. The van der Waals surface area contributed by atoms with Crippen LogP contribution < -0.4 is 0 Å². The third-order valence-electron chi connectivity index (χ3n) is 4.71. The topological polar surface area (TPSA) is 60.9 Å². The van der Waals surface area contributed by atoms with Gasteiger partial charge in [-0.15, -0.1) is 0 Å². The molecule has 1 amide bonds. The van der Waals surface area contributed by atoms with Crippen LogP contribution in [0.5, 0.6) is 0 Å². The molecular formula is C21H19Cl2FN2O3. The summed E-state index contributed by atoms with van der Waals surface area (Å²) in [5.74, 6) is -2.37. The molecular weight excluding hydrogens is 418 g/mol. The first-order valence-electron chi connectivity index (χ1n) is 8.84. The number of halogens is 3. The molecule has 3 rings (SSSR count). The quantitative estimate of drug-likeness (QED) is 0.435. The number of likely N-dealkylation sites (N-methyl/N-ethyl adjacent to an activating group) is 1. The van der Waals surface area contributed by atoms with Gasteiger partial charge in [0.05, 0.1) is 21.7 Å². The summed E-state index contributed by atoms with van der Waals surface area (Å²) in [5, 5.41) is 11.4. The Morgan fingerprint density at radius 2 is 1.76 bits per heavy atom. The monoisotopic (exact) mass is 436 g/mol. The fourth-order valence-electron chi connectivity index (χ4n) is 3.21.